The minimum atomic E-state index is -0.373. The molecule has 0 aliphatic heterocycles. The number of hydrogen-bond acceptors (Lipinski definition) is 5. The van der Waals surface area contributed by atoms with Crippen LogP contribution in [0, 0.1) is 6.92 Å². The van der Waals surface area contributed by atoms with Crippen LogP contribution in [-0.2, 0) is 11.3 Å². The first kappa shape index (κ1) is 15.9. The number of esters is 1. The van der Waals surface area contributed by atoms with Crippen molar-refractivity contribution < 1.29 is 9.53 Å². The summed E-state index contributed by atoms with van der Waals surface area (Å²) < 4.78 is 6.65. The number of carbonyl (C=O) groups is 1. The van der Waals surface area contributed by atoms with E-state index in [1.165, 1.54) is 7.11 Å². The van der Waals surface area contributed by atoms with Crippen LogP contribution in [0.3, 0.4) is 0 Å². The number of rotatable bonds is 4. The van der Waals surface area contributed by atoms with Gasteiger partial charge in [-0.25, -0.2) is 9.48 Å². The van der Waals surface area contributed by atoms with E-state index in [9.17, 15) is 4.79 Å². The molecule has 1 aromatic heterocycles. The number of aromatic nitrogens is 4. The van der Waals surface area contributed by atoms with Gasteiger partial charge in [-0.15, -0.1) is 5.10 Å². The molecule has 0 fully saturated rings. The van der Waals surface area contributed by atoms with E-state index >= 15 is 0 Å². The predicted molar refractivity (Wildman–Crippen MR) is 90.4 cm³/mol. The van der Waals surface area contributed by atoms with E-state index in [4.69, 9.17) is 4.74 Å². The highest BCUT2D eigenvalue weighted by molar-refractivity contribution is 5.95. The molecular weight excluding hydrogens is 304 g/mol. The third kappa shape index (κ3) is 2.78. The average molecular weight is 322 g/mol. The van der Waals surface area contributed by atoms with Gasteiger partial charge < -0.3 is 4.74 Å². The van der Waals surface area contributed by atoms with Gasteiger partial charge in [0.25, 0.3) is 0 Å². The summed E-state index contributed by atoms with van der Waals surface area (Å²) in [7, 11) is 1.38. The summed E-state index contributed by atoms with van der Waals surface area (Å²) >= 11 is 0. The van der Waals surface area contributed by atoms with Gasteiger partial charge >= 0.3 is 5.97 Å². The Morgan fingerprint density at radius 1 is 1.17 bits per heavy atom. The quantitative estimate of drug-likeness (QED) is 0.690. The van der Waals surface area contributed by atoms with E-state index in [1.807, 2.05) is 56.3 Å². The number of benzene rings is 2. The minimum Gasteiger partial charge on any atom is -0.465 e. The molecule has 0 aliphatic carbocycles. The third-order valence-corrected chi connectivity index (χ3v) is 3.99. The van der Waals surface area contributed by atoms with Gasteiger partial charge in [0.1, 0.15) is 0 Å². The Bertz CT molecular complexity index is 872. The molecule has 0 unspecified atom stereocenters. The summed E-state index contributed by atoms with van der Waals surface area (Å²) in [5.74, 6) is 0.264. The van der Waals surface area contributed by atoms with Crippen LogP contribution in [0.15, 0.2) is 42.5 Å². The minimum absolute atomic E-state index is 0.373. The molecule has 0 atom stereocenters. The Kier molecular flexibility index (Phi) is 4.37. The zero-order chi connectivity index (χ0) is 17.1. The number of hydrogen-bond donors (Lipinski definition) is 0. The van der Waals surface area contributed by atoms with E-state index in [-0.39, 0.29) is 5.97 Å². The van der Waals surface area contributed by atoms with Crippen LogP contribution < -0.4 is 0 Å². The number of aryl methyl sites for hydroxylation is 1. The van der Waals surface area contributed by atoms with Crippen molar-refractivity contribution in [3.05, 3.63) is 53.6 Å². The maximum atomic E-state index is 12.2. The molecule has 122 valence electrons. The molecule has 0 amide bonds. The molecule has 1 heterocycles. The number of nitrogens with zero attached hydrogens (tertiary/aromatic N) is 4. The maximum Gasteiger partial charge on any atom is 0.338 e. The first-order valence-electron chi connectivity index (χ1n) is 7.70. The van der Waals surface area contributed by atoms with Crippen LogP contribution in [0.5, 0.6) is 0 Å². The van der Waals surface area contributed by atoms with Crippen LogP contribution in [0.4, 0.5) is 0 Å². The largest absolute Gasteiger partial charge is 0.465 e. The number of methoxy groups -OCH3 is 1. The van der Waals surface area contributed by atoms with Crippen LogP contribution in [-0.4, -0.2) is 33.3 Å². The van der Waals surface area contributed by atoms with E-state index < -0.39 is 0 Å². The molecule has 3 aromatic rings. The molecule has 0 saturated carbocycles. The molecule has 2 aromatic carbocycles. The van der Waals surface area contributed by atoms with E-state index in [0.717, 1.165) is 22.3 Å². The van der Waals surface area contributed by atoms with Gasteiger partial charge in [0.05, 0.1) is 12.7 Å². The monoisotopic (exact) mass is 322 g/mol. The zero-order valence-corrected chi connectivity index (χ0v) is 13.9. The fourth-order valence-electron chi connectivity index (χ4n) is 2.68. The van der Waals surface area contributed by atoms with Crippen molar-refractivity contribution in [3.8, 4) is 22.5 Å². The van der Waals surface area contributed by atoms with Crippen LogP contribution in [0.1, 0.15) is 22.8 Å². The smallest absolute Gasteiger partial charge is 0.338 e. The standard InChI is InChI=1S/C18H18N4O2/c1-4-22-17(19-20-21-22)15-10-14(13-8-6-5-7-9-13)11-16(12(15)2)18(23)24-3/h5-11H,4H2,1-3H3. The van der Waals surface area contributed by atoms with Crippen LogP contribution in [0.25, 0.3) is 22.5 Å². The van der Waals surface area contributed by atoms with E-state index in [0.29, 0.717) is 17.9 Å². The summed E-state index contributed by atoms with van der Waals surface area (Å²) in [6, 6.07) is 13.7. The summed E-state index contributed by atoms with van der Waals surface area (Å²) in [4.78, 5) is 12.2. The fourth-order valence-corrected chi connectivity index (χ4v) is 2.68. The van der Waals surface area contributed by atoms with Gasteiger partial charge in [0.15, 0.2) is 5.82 Å². The van der Waals surface area contributed by atoms with Crippen molar-refractivity contribution in [2.24, 2.45) is 0 Å². The second-order valence-corrected chi connectivity index (χ2v) is 5.37. The van der Waals surface area contributed by atoms with Gasteiger partial charge in [0.2, 0.25) is 0 Å². The van der Waals surface area contributed by atoms with Crippen molar-refractivity contribution in [2.75, 3.05) is 7.11 Å². The third-order valence-electron chi connectivity index (χ3n) is 3.99. The van der Waals surface area contributed by atoms with E-state index in [2.05, 4.69) is 15.5 Å². The fraction of sp³-hybridized carbons (Fsp3) is 0.222. The SMILES string of the molecule is CCn1nnnc1-c1cc(-c2ccccc2)cc(C(=O)OC)c1C. The van der Waals surface area contributed by atoms with Gasteiger partial charge in [-0.1, -0.05) is 30.3 Å². The zero-order valence-electron chi connectivity index (χ0n) is 13.9. The van der Waals surface area contributed by atoms with Crippen molar-refractivity contribution in [1.29, 1.82) is 0 Å². The lowest BCUT2D eigenvalue weighted by Gasteiger charge is -2.13. The van der Waals surface area contributed by atoms with Gasteiger partial charge in [-0.3, -0.25) is 0 Å². The van der Waals surface area contributed by atoms with Crippen LogP contribution in [0.2, 0.25) is 0 Å². The lowest BCUT2D eigenvalue weighted by atomic mass is 9.94. The van der Waals surface area contributed by atoms with Crippen molar-refractivity contribution in [1.82, 2.24) is 20.2 Å². The lowest BCUT2D eigenvalue weighted by Crippen LogP contribution is -2.07. The number of carbonyl (C=O) groups excluding carboxylic acids is 1. The Morgan fingerprint density at radius 3 is 2.58 bits per heavy atom. The average Bonchev–Trinajstić information content (AvgIpc) is 3.10. The van der Waals surface area contributed by atoms with Crippen molar-refractivity contribution in [2.45, 2.75) is 20.4 Å². The molecule has 0 radical (unpaired) electrons. The Balaban J connectivity index is 2.26. The highest BCUT2D eigenvalue weighted by Gasteiger charge is 2.19. The normalized spacial score (nSPS) is 10.6. The summed E-state index contributed by atoms with van der Waals surface area (Å²) in [6.07, 6.45) is 0. The van der Waals surface area contributed by atoms with Gasteiger partial charge in [-0.05, 0) is 53.1 Å². The van der Waals surface area contributed by atoms with Crippen LogP contribution >= 0.6 is 0 Å². The van der Waals surface area contributed by atoms with Gasteiger partial charge in [0, 0.05) is 12.1 Å². The molecule has 6 heteroatoms. The summed E-state index contributed by atoms with van der Waals surface area (Å²) in [6.45, 7) is 4.49. The number of tetrazole rings is 1. The molecule has 6 nitrogen and oxygen atoms in total. The first-order chi connectivity index (χ1) is 11.7. The molecule has 0 saturated heterocycles. The second-order valence-electron chi connectivity index (χ2n) is 5.37. The molecular formula is C18H18N4O2. The van der Waals surface area contributed by atoms with Gasteiger partial charge in [-0.2, -0.15) is 0 Å². The molecule has 0 spiro atoms. The topological polar surface area (TPSA) is 69.9 Å². The summed E-state index contributed by atoms with van der Waals surface area (Å²) in [5.41, 5.74) is 4.07. The lowest BCUT2D eigenvalue weighted by molar-refractivity contribution is 0.0600. The molecule has 24 heavy (non-hydrogen) atoms. The first-order valence-corrected chi connectivity index (χ1v) is 7.70. The van der Waals surface area contributed by atoms with Crippen molar-refractivity contribution >= 4 is 5.97 Å². The molecule has 0 N–H and O–H groups in total. The molecule has 0 aliphatic rings. The Hall–Kier alpha value is -3.02. The highest BCUT2D eigenvalue weighted by Crippen LogP contribution is 2.31. The Morgan fingerprint density at radius 2 is 1.92 bits per heavy atom. The molecule has 0 bridgehead atoms. The number of ether oxygens (including phenoxy) is 1. The predicted octanol–water partition coefficient (Wildman–Crippen LogP) is 3.12. The highest BCUT2D eigenvalue weighted by atomic mass is 16.5. The Labute approximate surface area is 140 Å². The summed E-state index contributed by atoms with van der Waals surface area (Å²) in [5, 5.41) is 11.9. The van der Waals surface area contributed by atoms with Crippen molar-refractivity contribution in [3.63, 3.8) is 0 Å². The maximum absolute atomic E-state index is 12.2. The second kappa shape index (κ2) is 6.62. The molecule has 3 rings (SSSR count). The van der Waals surface area contributed by atoms with E-state index in [1.54, 1.807) is 4.68 Å².